The van der Waals surface area contributed by atoms with Gasteiger partial charge in [0.15, 0.2) is 0 Å². The number of aromatic amines is 1. The number of nitrogens with zero attached hydrogens (tertiary/aromatic N) is 5. The number of fused-ring (bicyclic) bond motifs is 3. The SMILES string of the molecule is CN(C)CCOc1nc2cc(-c3nn[nH]n3)ccc2c2sccc12. The molecule has 0 amide bonds. The lowest BCUT2D eigenvalue weighted by Crippen LogP contribution is -2.19. The molecule has 0 bridgehead atoms. The van der Waals surface area contributed by atoms with Crippen molar-refractivity contribution < 1.29 is 4.74 Å². The van der Waals surface area contributed by atoms with Gasteiger partial charge in [-0.2, -0.15) is 5.21 Å². The van der Waals surface area contributed by atoms with Crippen LogP contribution in [0.15, 0.2) is 29.6 Å². The summed E-state index contributed by atoms with van der Waals surface area (Å²) >= 11 is 1.69. The molecule has 8 heteroatoms. The fraction of sp³-hybridized carbons (Fsp3) is 0.250. The van der Waals surface area contributed by atoms with E-state index in [0.717, 1.165) is 28.4 Å². The molecule has 0 unspecified atom stereocenters. The predicted octanol–water partition coefficient (Wildman–Crippen LogP) is 2.57. The summed E-state index contributed by atoms with van der Waals surface area (Å²) in [5, 5.41) is 18.4. The lowest BCUT2D eigenvalue weighted by Gasteiger charge is -2.12. The normalized spacial score (nSPS) is 11.6. The molecule has 3 aromatic heterocycles. The summed E-state index contributed by atoms with van der Waals surface area (Å²) in [4.78, 5) is 6.81. The summed E-state index contributed by atoms with van der Waals surface area (Å²) < 4.78 is 7.11. The molecule has 0 fully saturated rings. The van der Waals surface area contributed by atoms with Crippen molar-refractivity contribution in [2.45, 2.75) is 0 Å². The van der Waals surface area contributed by atoms with Crippen molar-refractivity contribution in [2.24, 2.45) is 0 Å². The van der Waals surface area contributed by atoms with Crippen LogP contribution >= 0.6 is 11.3 Å². The molecule has 0 saturated heterocycles. The van der Waals surface area contributed by atoms with Crippen LogP contribution in [-0.2, 0) is 0 Å². The molecule has 0 spiro atoms. The third-order valence-electron chi connectivity index (χ3n) is 3.74. The first-order chi connectivity index (χ1) is 11.7. The minimum atomic E-state index is 0.556. The highest BCUT2D eigenvalue weighted by molar-refractivity contribution is 7.18. The molecule has 24 heavy (non-hydrogen) atoms. The number of hydrogen-bond acceptors (Lipinski definition) is 7. The van der Waals surface area contributed by atoms with Crippen molar-refractivity contribution >= 4 is 32.3 Å². The topological polar surface area (TPSA) is 79.8 Å². The van der Waals surface area contributed by atoms with E-state index in [0.29, 0.717) is 18.3 Å². The smallest absolute Gasteiger partial charge is 0.222 e. The largest absolute Gasteiger partial charge is 0.476 e. The van der Waals surface area contributed by atoms with Gasteiger partial charge in [0, 0.05) is 22.2 Å². The van der Waals surface area contributed by atoms with Crippen LogP contribution in [-0.4, -0.2) is 57.8 Å². The number of benzene rings is 1. The number of likely N-dealkylation sites (N-methyl/N-ethyl adjacent to an activating group) is 1. The van der Waals surface area contributed by atoms with Gasteiger partial charge in [0.05, 0.1) is 10.9 Å². The van der Waals surface area contributed by atoms with E-state index in [2.05, 4.69) is 43.0 Å². The average Bonchev–Trinajstić information content (AvgIpc) is 3.26. The Labute approximate surface area is 142 Å². The van der Waals surface area contributed by atoms with Crippen LogP contribution in [0.3, 0.4) is 0 Å². The van der Waals surface area contributed by atoms with E-state index in [1.54, 1.807) is 11.3 Å². The van der Waals surface area contributed by atoms with Gasteiger partial charge in [-0.1, -0.05) is 12.1 Å². The third-order valence-corrected chi connectivity index (χ3v) is 4.69. The molecule has 4 rings (SSSR count). The number of pyridine rings is 1. The van der Waals surface area contributed by atoms with Gasteiger partial charge in [0.1, 0.15) is 6.61 Å². The van der Waals surface area contributed by atoms with Crippen LogP contribution in [0.4, 0.5) is 0 Å². The Balaban J connectivity index is 1.80. The molecule has 0 aliphatic heterocycles. The Morgan fingerprint density at radius 3 is 2.92 bits per heavy atom. The zero-order valence-corrected chi connectivity index (χ0v) is 14.2. The number of H-pyrrole nitrogens is 1. The van der Waals surface area contributed by atoms with E-state index >= 15 is 0 Å². The van der Waals surface area contributed by atoms with Gasteiger partial charge in [-0.25, -0.2) is 4.98 Å². The van der Waals surface area contributed by atoms with Gasteiger partial charge in [0.2, 0.25) is 11.7 Å². The van der Waals surface area contributed by atoms with E-state index in [9.17, 15) is 0 Å². The van der Waals surface area contributed by atoms with Crippen molar-refractivity contribution in [2.75, 3.05) is 27.2 Å². The maximum atomic E-state index is 5.93. The predicted molar refractivity (Wildman–Crippen MR) is 94.3 cm³/mol. The molecule has 0 saturated carbocycles. The quantitative estimate of drug-likeness (QED) is 0.601. The van der Waals surface area contributed by atoms with Crippen LogP contribution in [0.5, 0.6) is 5.88 Å². The van der Waals surface area contributed by atoms with Crippen molar-refractivity contribution in [3.05, 3.63) is 29.6 Å². The first kappa shape index (κ1) is 15.0. The highest BCUT2D eigenvalue weighted by atomic mass is 32.1. The molecule has 0 radical (unpaired) electrons. The highest BCUT2D eigenvalue weighted by Crippen LogP contribution is 2.35. The van der Waals surface area contributed by atoms with Gasteiger partial charge < -0.3 is 9.64 Å². The number of hydrogen-bond donors (Lipinski definition) is 1. The highest BCUT2D eigenvalue weighted by Gasteiger charge is 2.13. The summed E-state index contributed by atoms with van der Waals surface area (Å²) in [6.45, 7) is 1.44. The Bertz CT molecular complexity index is 979. The van der Waals surface area contributed by atoms with Crippen molar-refractivity contribution in [1.82, 2.24) is 30.5 Å². The Morgan fingerprint density at radius 2 is 2.12 bits per heavy atom. The van der Waals surface area contributed by atoms with Gasteiger partial charge in [-0.05, 0) is 36.8 Å². The van der Waals surface area contributed by atoms with Crippen LogP contribution in [0.2, 0.25) is 0 Å². The lowest BCUT2D eigenvalue weighted by molar-refractivity contribution is 0.257. The van der Waals surface area contributed by atoms with Crippen LogP contribution < -0.4 is 4.74 Å². The lowest BCUT2D eigenvalue weighted by atomic mass is 10.1. The van der Waals surface area contributed by atoms with Crippen LogP contribution in [0.1, 0.15) is 0 Å². The molecule has 7 nitrogen and oxygen atoms in total. The molecule has 1 aromatic carbocycles. The maximum Gasteiger partial charge on any atom is 0.222 e. The Hall–Kier alpha value is -2.58. The van der Waals surface area contributed by atoms with E-state index in [4.69, 9.17) is 9.72 Å². The summed E-state index contributed by atoms with van der Waals surface area (Å²) in [6, 6.07) is 8.07. The summed E-state index contributed by atoms with van der Waals surface area (Å²) in [6.07, 6.45) is 0. The van der Waals surface area contributed by atoms with Gasteiger partial charge in [-0.15, -0.1) is 21.5 Å². The summed E-state index contributed by atoms with van der Waals surface area (Å²) in [5.41, 5.74) is 1.74. The molecule has 3 heterocycles. The number of ether oxygens (including phenoxy) is 1. The first-order valence-corrected chi connectivity index (χ1v) is 8.42. The molecular weight excluding hydrogens is 324 g/mol. The van der Waals surface area contributed by atoms with E-state index in [-0.39, 0.29) is 0 Å². The second-order valence-electron chi connectivity index (χ2n) is 5.70. The fourth-order valence-electron chi connectivity index (χ4n) is 2.53. The number of tetrazole rings is 1. The average molecular weight is 340 g/mol. The first-order valence-electron chi connectivity index (χ1n) is 7.54. The molecule has 0 aliphatic rings. The second-order valence-corrected chi connectivity index (χ2v) is 6.62. The molecule has 1 N–H and O–H groups in total. The number of nitrogens with one attached hydrogen (secondary N) is 1. The van der Waals surface area contributed by atoms with Crippen LogP contribution in [0, 0.1) is 0 Å². The van der Waals surface area contributed by atoms with Crippen molar-refractivity contribution in [1.29, 1.82) is 0 Å². The third kappa shape index (κ3) is 2.70. The van der Waals surface area contributed by atoms with Crippen LogP contribution in [0.25, 0.3) is 32.4 Å². The molecule has 122 valence electrons. The van der Waals surface area contributed by atoms with E-state index < -0.39 is 0 Å². The van der Waals surface area contributed by atoms with E-state index in [1.807, 2.05) is 26.2 Å². The number of aromatic nitrogens is 5. The van der Waals surface area contributed by atoms with Crippen molar-refractivity contribution in [3.63, 3.8) is 0 Å². The molecule has 4 aromatic rings. The molecule has 0 aliphatic carbocycles. The number of rotatable bonds is 5. The van der Waals surface area contributed by atoms with E-state index in [1.165, 1.54) is 4.70 Å². The standard InChI is InChI=1S/C16H16N6OS/c1-22(2)6-7-23-16-12-5-8-24-14(12)11-4-3-10(9-13(11)17-16)15-18-20-21-19-15/h3-5,8-9H,6-7H2,1-2H3,(H,18,19,20,21). The monoisotopic (exact) mass is 340 g/mol. The van der Waals surface area contributed by atoms with Crippen molar-refractivity contribution in [3.8, 4) is 17.3 Å². The second kappa shape index (κ2) is 6.14. The zero-order valence-electron chi connectivity index (χ0n) is 13.4. The minimum absolute atomic E-state index is 0.556. The molecular formula is C16H16N6OS. The zero-order chi connectivity index (χ0) is 16.5. The maximum absolute atomic E-state index is 5.93. The summed E-state index contributed by atoms with van der Waals surface area (Å²) in [7, 11) is 4.04. The minimum Gasteiger partial charge on any atom is -0.476 e. The van der Waals surface area contributed by atoms with Gasteiger partial charge in [-0.3, -0.25) is 0 Å². The summed E-state index contributed by atoms with van der Waals surface area (Å²) in [5.74, 6) is 1.23. The van der Waals surface area contributed by atoms with Gasteiger partial charge in [0.25, 0.3) is 0 Å². The van der Waals surface area contributed by atoms with Gasteiger partial charge >= 0.3 is 0 Å². The number of thiophene rings is 1. The molecule has 0 atom stereocenters. The Kier molecular flexibility index (Phi) is 3.83. The Morgan fingerprint density at radius 1 is 1.21 bits per heavy atom. The fourth-order valence-corrected chi connectivity index (χ4v) is 3.45.